The van der Waals surface area contributed by atoms with Crippen LogP contribution in [0.25, 0.3) is 0 Å². The lowest BCUT2D eigenvalue weighted by molar-refractivity contribution is -0.143. The molecule has 0 aliphatic carbocycles. The molecule has 0 fully saturated rings. The number of esters is 1. The number of carbonyl (C=O) groups is 1. The van der Waals surface area contributed by atoms with Gasteiger partial charge in [-0.15, -0.1) is 0 Å². The summed E-state index contributed by atoms with van der Waals surface area (Å²) in [5.41, 5.74) is 0. The van der Waals surface area contributed by atoms with Gasteiger partial charge in [0.05, 0.1) is 6.61 Å². The predicted molar refractivity (Wildman–Crippen MR) is 106 cm³/mol. The number of aliphatic imine (C=N–C) groups is 1. The third-order valence-corrected chi connectivity index (χ3v) is 4.12. The van der Waals surface area contributed by atoms with Gasteiger partial charge >= 0.3 is 5.97 Å². The Bertz CT molecular complexity index is 362. The van der Waals surface area contributed by atoms with E-state index in [1.807, 2.05) is 6.92 Å². The van der Waals surface area contributed by atoms with E-state index in [1.54, 1.807) is 7.05 Å². The number of hydrogen-bond donors (Lipinski definition) is 2. The van der Waals surface area contributed by atoms with E-state index in [2.05, 4.69) is 48.2 Å². The van der Waals surface area contributed by atoms with Crippen LogP contribution in [0.4, 0.5) is 0 Å². The Hall–Kier alpha value is -1.30. The average molecular weight is 357 g/mol. The molecular weight excluding hydrogens is 316 g/mol. The van der Waals surface area contributed by atoms with E-state index in [-0.39, 0.29) is 5.97 Å². The highest BCUT2D eigenvalue weighted by molar-refractivity contribution is 5.79. The molecule has 0 aromatic rings. The number of nitrogens with zero attached hydrogens (tertiary/aromatic N) is 2. The summed E-state index contributed by atoms with van der Waals surface area (Å²) in [5, 5.41) is 6.73. The normalized spacial score (nSPS) is 12.1. The number of ether oxygens (including phenoxy) is 1. The van der Waals surface area contributed by atoms with Crippen molar-refractivity contribution in [1.82, 2.24) is 15.5 Å². The monoisotopic (exact) mass is 356 g/mol. The van der Waals surface area contributed by atoms with Crippen LogP contribution < -0.4 is 10.6 Å². The van der Waals surface area contributed by atoms with Crippen LogP contribution in [0, 0.1) is 0 Å². The molecule has 0 spiro atoms. The number of nitrogens with one attached hydrogen (secondary N) is 2. The fourth-order valence-electron chi connectivity index (χ4n) is 2.82. The van der Waals surface area contributed by atoms with Crippen molar-refractivity contribution < 1.29 is 9.53 Å². The first kappa shape index (κ1) is 23.7. The molecule has 0 aliphatic heterocycles. The smallest absolute Gasteiger partial charge is 0.305 e. The zero-order valence-corrected chi connectivity index (χ0v) is 17.2. The van der Waals surface area contributed by atoms with Gasteiger partial charge in [0.2, 0.25) is 0 Å². The molecule has 0 bridgehead atoms. The maximum absolute atomic E-state index is 11.2. The standard InChI is InChI=1S/C19H40N4O2/c1-7-25-18(24)12-10-8-9-11-13-21-19(20-6)22-14-15-23(16(2)3)17(4)5/h16-17H,7-15H2,1-6H3,(H2,20,21,22). The van der Waals surface area contributed by atoms with Gasteiger partial charge in [-0.2, -0.15) is 0 Å². The second-order valence-corrected chi connectivity index (χ2v) is 6.82. The Kier molecular flexibility index (Phi) is 14.2. The summed E-state index contributed by atoms with van der Waals surface area (Å²) >= 11 is 0. The lowest BCUT2D eigenvalue weighted by atomic mass is 10.1. The van der Waals surface area contributed by atoms with Crippen molar-refractivity contribution in [3.63, 3.8) is 0 Å². The topological polar surface area (TPSA) is 66.0 Å². The fraction of sp³-hybridized carbons (Fsp3) is 0.895. The Morgan fingerprint density at radius 2 is 1.60 bits per heavy atom. The van der Waals surface area contributed by atoms with Gasteiger partial charge in [0.25, 0.3) is 0 Å². The van der Waals surface area contributed by atoms with Crippen LogP contribution in [-0.4, -0.2) is 62.2 Å². The van der Waals surface area contributed by atoms with Gasteiger partial charge in [-0.25, -0.2) is 0 Å². The van der Waals surface area contributed by atoms with E-state index in [1.165, 1.54) is 0 Å². The Morgan fingerprint density at radius 1 is 1.00 bits per heavy atom. The van der Waals surface area contributed by atoms with Gasteiger partial charge in [-0.3, -0.25) is 14.7 Å². The third kappa shape index (κ3) is 12.7. The maximum Gasteiger partial charge on any atom is 0.305 e. The van der Waals surface area contributed by atoms with Crippen molar-refractivity contribution in [2.24, 2.45) is 4.99 Å². The molecule has 0 radical (unpaired) electrons. The Labute approximate surface area is 154 Å². The highest BCUT2D eigenvalue weighted by atomic mass is 16.5. The molecule has 0 amide bonds. The Balaban J connectivity index is 3.74. The van der Waals surface area contributed by atoms with Crippen molar-refractivity contribution in [1.29, 1.82) is 0 Å². The first-order valence-electron chi connectivity index (χ1n) is 9.78. The first-order chi connectivity index (χ1) is 11.9. The van der Waals surface area contributed by atoms with Crippen molar-refractivity contribution in [2.75, 3.05) is 33.3 Å². The van der Waals surface area contributed by atoms with E-state index in [0.717, 1.165) is 51.3 Å². The fourth-order valence-corrected chi connectivity index (χ4v) is 2.82. The van der Waals surface area contributed by atoms with Gasteiger partial charge in [-0.1, -0.05) is 12.8 Å². The van der Waals surface area contributed by atoms with Crippen LogP contribution in [0.1, 0.15) is 66.7 Å². The molecule has 0 saturated carbocycles. The zero-order chi connectivity index (χ0) is 19.1. The SMILES string of the molecule is CCOC(=O)CCCCCCNC(=NC)NCCN(C(C)C)C(C)C. The number of unbranched alkanes of at least 4 members (excludes halogenated alkanes) is 3. The number of carbonyl (C=O) groups excluding carboxylic acids is 1. The molecule has 0 aliphatic rings. The van der Waals surface area contributed by atoms with Crippen molar-refractivity contribution in [2.45, 2.75) is 78.8 Å². The molecule has 0 unspecified atom stereocenters. The summed E-state index contributed by atoms with van der Waals surface area (Å²) in [6.45, 7) is 14.0. The van der Waals surface area contributed by atoms with Crippen molar-refractivity contribution in [3.05, 3.63) is 0 Å². The number of rotatable bonds is 13. The molecule has 0 rings (SSSR count). The minimum absolute atomic E-state index is 0.0814. The van der Waals surface area contributed by atoms with E-state index in [9.17, 15) is 4.79 Å². The zero-order valence-electron chi connectivity index (χ0n) is 17.2. The summed E-state index contributed by atoms with van der Waals surface area (Å²) in [5.74, 6) is 0.779. The summed E-state index contributed by atoms with van der Waals surface area (Å²) in [7, 11) is 1.80. The molecular formula is C19H40N4O2. The lowest BCUT2D eigenvalue weighted by Gasteiger charge is -2.30. The molecule has 0 atom stereocenters. The molecule has 25 heavy (non-hydrogen) atoms. The van der Waals surface area contributed by atoms with Crippen LogP contribution >= 0.6 is 0 Å². The van der Waals surface area contributed by atoms with E-state index in [4.69, 9.17) is 4.74 Å². The van der Waals surface area contributed by atoms with E-state index < -0.39 is 0 Å². The third-order valence-electron chi connectivity index (χ3n) is 4.12. The summed E-state index contributed by atoms with van der Waals surface area (Å²) in [6.07, 6.45) is 4.69. The summed E-state index contributed by atoms with van der Waals surface area (Å²) in [4.78, 5) is 18.0. The Morgan fingerprint density at radius 3 is 2.16 bits per heavy atom. The minimum Gasteiger partial charge on any atom is -0.466 e. The van der Waals surface area contributed by atoms with E-state index >= 15 is 0 Å². The van der Waals surface area contributed by atoms with Crippen molar-refractivity contribution in [3.8, 4) is 0 Å². The van der Waals surface area contributed by atoms with Crippen LogP contribution in [0.2, 0.25) is 0 Å². The highest BCUT2D eigenvalue weighted by Gasteiger charge is 2.12. The number of guanidine groups is 1. The van der Waals surface area contributed by atoms with Gasteiger partial charge in [0.1, 0.15) is 0 Å². The second kappa shape index (κ2) is 15.0. The van der Waals surface area contributed by atoms with E-state index in [0.29, 0.717) is 25.1 Å². The largest absolute Gasteiger partial charge is 0.466 e. The maximum atomic E-state index is 11.2. The minimum atomic E-state index is -0.0814. The van der Waals surface area contributed by atoms with Crippen molar-refractivity contribution >= 4 is 11.9 Å². The quantitative estimate of drug-likeness (QED) is 0.230. The molecule has 0 aromatic carbocycles. The molecule has 148 valence electrons. The summed E-state index contributed by atoms with van der Waals surface area (Å²) in [6, 6.07) is 1.10. The molecule has 2 N–H and O–H groups in total. The van der Waals surface area contributed by atoms with Gasteiger partial charge < -0.3 is 15.4 Å². The molecule has 0 saturated heterocycles. The van der Waals surface area contributed by atoms with Gasteiger partial charge in [0, 0.05) is 45.2 Å². The van der Waals surface area contributed by atoms with Gasteiger partial charge in [-0.05, 0) is 47.5 Å². The van der Waals surface area contributed by atoms with Gasteiger partial charge in [0.15, 0.2) is 5.96 Å². The first-order valence-corrected chi connectivity index (χ1v) is 9.78. The van der Waals surface area contributed by atoms with Crippen LogP contribution in [0.3, 0.4) is 0 Å². The molecule has 0 aromatic heterocycles. The molecule has 0 heterocycles. The van der Waals surface area contributed by atoms with Crippen LogP contribution in [0.5, 0.6) is 0 Å². The molecule has 6 heteroatoms. The summed E-state index contributed by atoms with van der Waals surface area (Å²) < 4.78 is 4.92. The lowest BCUT2D eigenvalue weighted by Crippen LogP contribution is -2.45. The second-order valence-electron chi connectivity index (χ2n) is 6.82. The molecule has 6 nitrogen and oxygen atoms in total. The van der Waals surface area contributed by atoms with Crippen LogP contribution in [0.15, 0.2) is 4.99 Å². The average Bonchev–Trinajstić information content (AvgIpc) is 2.55. The predicted octanol–water partition coefficient (Wildman–Crippen LogP) is 2.78. The highest BCUT2D eigenvalue weighted by Crippen LogP contribution is 2.04. The van der Waals surface area contributed by atoms with Crippen LogP contribution in [-0.2, 0) is 9.53 Å². The number of hydrogen-bond acceptors (Lipinski definition) is 4.